The molecule has 3 aromatic heterocycles. The van der Waals surface area contributed by atoms with Crippen molar-refractivity contribution in [3.63, 3.8) is 0 Å². The van der Waals surface area contributed by atoms with E-state index in [0.717, 1.165) is 22.4 Å². The van der Waals surface area contributed by atoms with Crippen molar-refractivity contribution in [3.05, 3.63) is 117 Å². The van der Waals surface area contributed by atoms with E-state index < -0.39 is 0 Å². The van der Waals surface area contributed by atoms with Gasteiger partial charge in [0.05, 0.1) is 11.4 Å². The molecule has 0 aliphatic heterocycles. The van der Waals surface area contributed by atoms with Crippen LogP contribution in [-0.2, 0) is 0 Å². The van der Waals surface area contributed by atoms with Gasteiger partial charge in [-0.25, -0.2) is 9.67 Å². The van der Waals surface area contributed by atoms with Gasteiger partial charge in [0.2, 0.25) is 0 Å². The lowest BCUT2D eigenvalue weighted by Crippen LogP contribution is -2.21. The molecule has 0 unspecified atom stereocenters. The number of thiophene rings is 1. The molecule has 0 N–H and O–H groups in total. The zero-order chi connectivity index (χ0) is 23.1. The van der Waals surface area contributed by atoms with Crippen molar-refractivity contribution in [1.29, 1.82) is 0 Å². The van der Waals surface area contributed by atoms with Crippen LogP contribution in [0.4, 0.5) is 0 Å². The normalized spacial score (nSPS) is 11.2. The Morgan fingerprint density at radius 2 is 1.50 bits per heavy atom. The van der Waals surface area contributed by atoms with E-state index >= 15 is 0 Å². The van der Waals surface area contributed by atoms with Crippen LogP contribution in [0.25, 0.3) is 44.9 Å². The average Bonchev–Trinajstić information content (AvgIpc) is 3.56. The maximum absolute atomic E-state index is 13.7. The third-order valence-electron chi connectivity index (χ3n) is 5.66. The number of nitrogens with zero attached hydrogens (tertiary/aromatic N) is 4. The van der Waals surface area contributed by atoms with Crippen LogP contribution in [0.3, 0.4) is 0 Å². The number of para-hydroxylation sites is 1. The summed E-state index contributed by atoms with van der Waals surface area (Å²) in [6, 6.07) is 27.0. The minimum absolute atomic E-state index is 0.189. The molecule has 0 saturated heterocycles. The lowest BCUT2D eigenvalue weighted by molar-refractivity contribution is 0.888. The molecule has 6 aromatic rings. The summed E-state index contributed by atoms with van der Waals surface area (Å²) in [6.45, 7) is 0. The highest BCUT2D eigenvalue weighted by Gasteiger charge is 2.18. The Labute approximate surface area is 204 Å². The third kappa shape index (κ3) is 3.63. The topological polar surface area (TPSA) is 52.7 Å². The molecule has 0 bridgehead atoms. The quantitative estimate of drug-likeness (QED) is 0.285. The third-order valence-corrected chi connectivity index (χ3v) is 6.59. The minimum atomic E-state index is -0.189. The van der Waals surface area contributed by atoms with Gasteiger partial charge in [0.15, 0.2) is 5.65 Å². The molecule has 164 valence electrons. The zero-order valence-electron chi connectivity index (χ0n) is 17.8. The van der Waals surface area contributed by atoms with Gasteiger partial charge in [0, 0.05) is 16.8 Å². The molecular weight excluding hydrogens is 464 g/mol. The van der Waals surface area contributed by atoms with Crippen LogP contribution >= 0.6 is 22.9 Å². The van der Waals surface area contributed by atoms with Gasteiger partial charge in [0.25, 0.3) is 5.56 Å². The molecule has 5 nitrogen and oxygen atoms in total. The van der Waals surface area contributed by atoms with E-state index in [-0.39, 0.29) is 5.56 Å². The van der Waals surface area contributed by atoms with Crippen molar-refractivity contribution in [2.75, 3.05) is 0 Å². The van der Waals surface area contributed by atoms with Crippen molar-refractivity contribution in [2.45, 2.75) is 0 Å². The first-order chi connectivity index (χ1) is 16.7. The number of hydrogen-bond donors (Lipinski definition) is 0. The van der Waals surface area contributed by atoms with Crippen molar-refractivity contribution < 1.29 is 0 Å². The summed E-state index contributed by atoms with van der Waals surface area (Å²) in [5.74, 6) is 0.523. The fourth-order valence-electron chi connectivity index (χ4n) is 3.94. The summed E-state index contributed by atoms with van der Waals surface area (Å²) in [4.78, 5) is 18.6. The Bertz CT molecular complexity index is 1650. The van der Waals surface area contributed by atoms with Crippen molar-refractivity contribution in [1.82, 2.24) is 19.3 Å². The molecule has 0 saturated carbocycles. The summed E-state index contributed by atoms with van der Waals surface area (Å²) >= 11 is 7.77. The molecule has 0 spiro atoms. The maximum atomic E-state index is 13.7. The predicted octanol–water partition coefficient (Wildman–Crippen LogP) is 6.62. The van der Waals surface area contributed by atoms with Gasteiger partial charge in [-0.2, -0.15) is 11.3 Å². The van der Waals surface area contributed by atoms with Crippen molar-refractivity contribution in [3.8, 4) is 33.9 Å². The van der Waals surface area contributed by atoms with E-state index in [1.54, 1.807) is 38.9 Å². The van der Waals surface area contributed by atoms with E-state index in [9.17, 15) is 4.79 Å². The lowest BCUT2D eigenvalue weighted by Gasteiger charge is -2.13. The second-order valence-corrected chi connectivity index (χ2v) is 9.00. The van der Waals surface area contributed by atoms with Crippen LogP contribution in [0.1, 0.15) is 0 Å². The summed E-state index contributed by atoms with van der Waals surface area (Å²) in [7, 11) is 0. The van der Waals surface area contributed by atoms with Crippen LogP contribution in [0.15, 0.2) is 107 Å². The molecule has 34 heavy (non-hydrogen) atoms. The molecule has 0 radical (unpaired) electrons. The number of hydrogen-bond acceptors (Lipinski definition) is 4. The summed E-state index contributed by atoms with van der Waals surface area (Å²) in [5.41, 5.74) is 4.86. The average molecular weight is 481 g/mol. The first-order valence-corrected chi connectivity index (χ1v) is 12.0. The molecule has 0 atom stereocenters. The van der Waals surface area contributed by atoms with E-state index in [4.69, 9.17) is 16.6 Å². The Morgan fingerprint density at radius 3 is 2.21 bits per heavy atom. The molecular formula is C27H17ClN4OS. The van der Waals surface area contributed by atoms with Crippen LogP contribution in [0.2, 0.25) is 5.02 Å². The SMILES string of the molecule is O=c1c2cn(-c3ccccc3)nc2nc(-c2ccc(-c3ccsc3)cc2)n1-c1ccc(Cl)cc1. The second kappa shape index (κ2) is 8.41. The standard InChI is InChI=1S/C27H17ClN4OS/c28-21-10-12-23(13-11-21)32-26(19-8-6-18(7-9-19)20-14-15-34-17-20)29-25-24(27(32)33)16-31(30-25)22-4-2-1-3-5-22/h1-17H. The second-order valence-electron chi connectivity index (χ2n) is 7.79. The Hall–Kier alpha value is -4.00. The first kappa shape index (κ1) is 20.6. The summed E-state index contributed by atoms with van der Waals surface area (Å²) in [6.07, 6.45) is 1.73. The molecule has 7 heteroatoms. The van der Waals surface area contributed by atoms with Crippen LogP contribution in [0, 0.1) is 0 Å². The van der Waals surface area contributed by atoms with Gasteiger partial charge >= 0.3 is 0 Å². The molecule has 0 fully saturated rings. The Kier molecular flexibility index (Phi) is 5.09. The number of rotatable bonds is 4. The highest BCUT2D eigenvalue weighted by molar-refractivity contribution is 7.08. The largest absolute Gasteiger partial charge is 0.269 e. The van der Waals surface area contributed by atoms with E-state index in [2.05, 4.69) is 21.9 Å². The van der Waals surface area contributed by atoms with Gasteiger partial charge in [-0.1, -0.05) is 54.1 Å². The Balaban J connectivity index is 1.57. The van der Waals surface area contributed by atoms with Crippen LogP contribution in [0.5, 0.6) is 0 Å². The van der Waals surface area contributed by atoms with E-state index in [1.807, 2.05) is 66.7 Å². The van der Waals surface area contributed by atoms with Gasteiger partial charge in [-0.3, -0.25) is 9.36 Å². The monoisotopic (exact) mass is 480 g/mol. The molecule has 0 amide bonds. The zero-order valence-corrected chi connectivity index (χ0v) is 19.4. The number of aromatic nitrogens is 4. The molecule has 0 aliphatic rings. The van der Waals surface area contributed by atoms with Gasteiger partial charge in [-0.05, 0) is 64.4 Å². The lowest BCUT2D eigenvalue weighted by atomic mass is 10.1. The first-order valence-electron chi connectivity index (χ1n) is 10.6. The van der Waals surface area contributed by atoms with Crippen LogP contribution in [-0.4, -0.2) is 19.3 Å². The minimum Gasteiger partial charge on any atom is -0.268 e. The van der Waals surface area contributed by atoms with Gasteiger partial charge in [-0.15, -0.1) is 5.10 Å². The molecule has 0 aliphatic carbocycles. The van der Waals surface area contributed by atoms with Crippen LogP contribution < -0.4 is 5.56 Å². The highest BCUT2D eigenvalue weighted by Crippen LogP contribution is 2.27. The number of halogens is 1. The molecule has 6 rings (SSSR count). The maximum Gasteiger partial charge on any atom is 0.269 e. The van der Waals surface area contributed by atoms with Gasteiger partial charge < -0.3 is 0 Å². The Morgan fingerprint density at radius 1 is 0.765 bits per heavy atom. The molecule has 3 aromatic carbocycles. The summed E-state index contributed by atoms with van der Waals surface area (Å²) < 4.78 is 3.31. The van der Waals surface area contributed by atoms with Crippen molar-refractivity contribution in [2.24, 2.45) is 0 Å². The highest BCUT2D eigenvalue weighted by atomic mass is 35.5. The van der Waals surface area contributed by atoms with Crippen molar-refractivity contribution >= 4 is 34.0 Å². The van der Waals surface area contributed by atoms with E-state index in [1.165, 1.54) is 0 Å². The predicted molar refractivity (Wildman–Crippen MR) is 138 cm³/mol. The molecule has 3 heterocycles. The van der Waals surface area contributed by atoms with E-state index in [0.29, 0.717) is 27.6 Å². The fraction of sp³-hybridized carbons (Fsp3) is 0. The fourth-order valence-corrected chi connectivity index (χ4v) is 4.73. The number of fused-ring (bicyclic) bond motifs is 1. The smallest absolute Gasteiger partial charge is 0.268 e. The summed E-state index contributed by atoms with van der Waals surface area (Å²) in [5, 5.41) is 9.82. The van der Waals surface area contributed by atoms with Gasteiger partial charge in [0.1, 0.15) is 11.2 Å². The number of benzene rings is 3.